The third-order valence-electron chi connectivity index (χ3n) is 6.18. The molecule has 0 saturated carbocycles. The van der Waals surface area contributed by atoms with Crippen LogP contribution in [0.1, 0.15) is 43.6 Å². The first kappa shape index (κ1) is 27.8. The number of para-hydroxylation sites is 2. The number of urea groups is 1. The van der Waals surface area contributed by atoms with Crippen LogP contribution in [0.15, 0.2) is 36.5 Å². The van der Waals surface area contributed by atoms with Crippen molar-refractivity contribution in [1.29, 1.82) is 0 Å². The Kier molecular flexibility index (Phi) is 9.36. The quantitative estimate of drug-likeness (QED) is 0.579. The number of methoxy groups -OCH3 is 1. The van der Waals surface area contributed by atoms with Crippen LogP contribution in [0.4, 0.5) is 10.5 Å². The highest BCUT2D eigenvalue weighted by Gasteiger charge is 2.34. The normalized spacial score (nSPS) is 17.9. The summed E-state index contributed by atoms with van der Waals surface area (Å²) in [6.45, 7) is 8.13. The van der Waals surface area contributed by atoms with Crippen molar-refractivity contribution in [3.8, 4) is 23.5 Å². The minimum atomic E-state index is -0.464. The van der Waals surface area contributed by atoms with Gasteiger partial charge in [0.15, 0.2) is 0 Å². The molecule has 1 aromatic heterocycles. The first-order chi connectivity index (χ1) is 17.6. The zero-order valence-corrected chi connectivity index (χ0v) is 22.3. The predicted octanol–water partition coefficient (Wildman–Crippen LogP) is 3.48. The van der Waals surface area contributed by atoms with Crippen molar-refractivity contribution in [3.05, 3.63) is 47.7 Å². The van der Waals surface area contributed by atoms with E-state index >= 15 is 0 Å². The number of carbonyl (C=O) groups excluding carboxylic acids is 2. The number of benzene rings is 1. The summed E-state index contributed by atoms with van der Waals surface area (Å²) in [4.78, 5) is 34.1. The average Bonchev–Trinajstić information content (AvgIpc) is 2.89. The molecular formula is C28H36N4O5. The zero-order valence-electron chi connectivity index (χ0n) is 22.3. The van der Waals surface area contributed by atoms with Crippen molar-refractivity contribution < 1.29 is 24.2 Å². The Bertz CT molecular complexity index is 1170. The van der Waals surface area contributed by atoms with Crippen LogP contribution in [-0.2, 0) is 0 Å². The molecule has 2 aromatic rings. The lowest BCUT2D eigenvalue weighted by atomic mass is 10.00. The van der Waals surface area contributed by atoms with Crippen molar-refractivity contribution in [2.75, 3.05) is 39.2 Å². The molecule has 0 radical (unpaired) electrons. The first-order valence-corrected chi connectivity index (χ1v) is 12.4. The molecule has 1 aliphatic heterocycles. The van der Waals surface area contributed by atoms with E-state index in [9.17, 15) is 14.7 Å². The van der Waals surface area contributed by atoms with Crippen LogP contribution < -0.4 is 14.8 Å². The molecule has 9 nitrogen and oxygen atoms in total. The summed E-state index contributed by atoms with van der Waals surface area (Å²) < 4.78 is 11.6. The van der Waals surface area contributed by atoms with Gasteiger partial charge in [-0.15, -0.1) is 0 Å². The Morgan fingerprint density at radius 3 is 2.76 bits per heavy atom. The van der Waals surface area contributed by atoms with E-state index in [0.717, 1.165) is 0 Å². The number of carbonyl (C=O) groups is 2. The van der Waals surface area contributed by atoms with E-state index in [0.29, 0.717) is 23.5 Å². The highest BCUT2D eigenvalue weighted by Crippen LogP contribution is 2.28. The fourth-order valence-corrected chi connectivity index (χ4v) is 3.93. The smallest absolute Gasteiger partial charge is 0.321 e. The molecule has 0 aliphatic carbocycles. The van der Waals surface area contributed by atoms with Crippen molar-refractivity contribution in [3.63, 3.8) is 0 Å². The number of fused-ring (bicyclic) bond motifs is 1. The van der Waals surface area contributed by atoms with Gasteiger partial charge in [0.05, 0.1) is 32.0 Å². The average molecular weight is 509 g/mol. The molecule has 0 bridgehead atoms. The van der Waals surface area contributed by atoms with Gasteiger partial charge in [-0.05, 0) is 25.1 Å². The second-order valence-electron chi connectivity index (χ2n) is 9.63. The third-order valence-corrected chi connectivity index (χ3v) is 6.18. The Balaban J connectivity index is 1.89. The van der Waals surface area contributed by atoms with Crippen LogP contribution in [-0.4, -0.2) is 77.8 Å². The maximum Gasteiger partial charge on any atom is 0.321 e. The van der Waals surface area contributed by atoms with Crippen LogP contribution in [0, 0.1) is 23.7 Å². The van der Waals surface area contributed by atoms with Crippen LogP contribution >= 0.6 is 0 Å². The minimum Gasteiger partial charge on any atom is -0.495 e. The van der Waals surface area contributed by atoms with Gasteiger partial charge < -0.3 is 29.7 Å². The van der Waals surface area contributed by atoms with Gasteiger partial charge in [0.25, 0.3) is 5.91 Å². The van der Waals surface area contributed by atoms with E-state index in [1.165, 1.54) is 4.90 Å². The molecule has 0 saturated heterocycles. The number of anilines is 1. The van der Waals surface area contributed by atoms with Gasteiger partial charge in [0.1, 0.15) is 17.4 Å². The SMILES string of the molecule is COc1ccccc1NC(=O)N(C)C[C@H]1Oc2ncc(C#CC(C)C)cc2C(=O)N([C@@H](C)CO)C[C@@H]1C. The molecule has 3 amide bonds. The van der Waals surface area contributed by atoms with Crippen molar-refractivity contribution in [2.24, 2.45) is 11.8 Å². The van der Waals surface area contributed by atoms with Gasteiger partial charge in [-0.25, -0.2) is 9.78 Å². The highest BCUT2D eigenvalue weighted by molar-refractivity contribution is 5.97. The van der Waals surface area contributed by atoms with E-state index < -0.39 is 12.1 Å². The van der Waals surface area contributed by atoms with E-state index in [2.05, 4.69) is 22.1 Å². The molecule has 198 valence electrons. The van der Waals surface area contributed by atoms with Crippen molar-refractivity contribution in [2.45, 2.75) is 39.8 Å². The molecule has 9 heteroatoms. The number of nitrogens with zero attached hydrogens (tertiary/aromatic N) is 3. The van der Waals surface area contributed by atoms with Gasteiger partial charge in [-0.2, -0.15) is 0 Å². The number of hydrogen-bond donors (Lipinski definition) is 2. The number of amides is 3. The molecule has 0 unspecified atom stereocenters. The Morgan fingerprint density at radius 2 is 2.08 bits per heavy atom. The molecule has 1 aromatic carbocycles. The standard InChI is InChI=1S/C28H36N4O5/c1-18(2)11-12-21-13-22-26(29-14-21)37-25(19(3)15-32(27(22)34)20(4)17-33)16-31(5)28(35)30-23-9-7-8-10-24(23)36-6/h7-10,13-14,18-20,25,33H,15-17H2,1-6H3,(H,30,35)/t19-,20-,25+/m0/s1. The summed E-state index contributed by atoms with van der Waals surface area (Å²) in [6.07, 6.45) is 1.12. The first-order valence-electron chi connectivity index (χ1n) is 12.4. The molecule has 2 heterocycles. The van der Waals surface area contributed by atoms with E-state index in [1.54, 1.807) is 50.4 Å². The fraction of sp³-hybridized carbons (Fsp3) is 0.464. The fourth-order valence-electron chi connectivity index (χ4n) is 3.93. The van der Waals surface area contributed by atoms with E-state index in [4.69, 9.17) is 9.47 Å². The van der Waals surface area contributed by atoms with Gasteiger partial charge in [0.2, 0.25) is 5.88 Å². The molecule has 0 spiro atoms. The Morgan fingerprint density at radius 1 is 1.35 bits per heavy atom. The van der Waals surface area contributed by atoms with Crippen LogP contribution in [0.5, 0.6) is 11.6 Å². The van der Waals surface area contributed by atoms with Crippen LogP contribution in [0.3, 0.4) is 0 Å². The molecule has 1 aliphatic rings. The lowest BCUT2D eigenvalue weighted by molar-refractivity contribution is 0.0356. The van der Waals surface area contributed by atoms with Crippen LogP contribution in [0.25, 0.3) is 0 Å². The summed E-state index contributed by atoms with van der Waals surface area (Å²) in [7, 11) is 3.22. The molecule has 37 heavy (non-hydrogen) atoms. The topological polar surface area (TPSA) is 104 Å². The second-order valence-corrected chi connectivity index (χ2v) is 9.63. The zero-order chi connectivity index (χ0) is 27.1. The number of likely N-dealkylation sites (N-methyl/N-ethyl adjacent to an activating group) is 1. The number of aromatic nitrogens is 1. The predicted molar refractivity (Wildman–Crippen MR) is 142 cm³/mol. The second kappa shape index (κ2) is 12.5. The van der Waals surface area contributed by atoms with Crippen molar-refractivity contribution in [1.82, 2.24) is 14.8 Å². The summed E-state index contributed by atoms with van der Waals surface area (Å²) in [6, 6.07) is 8.12. The Labute approximate surface area is 218 Å². The Hall–Kier alpha value is -3.77. The molecule has 2 N–H and O–H groups in total. The maximum atomic E-state index is 13.5. The number of aliphatic hydroxyl groups is 1. The number of pyridine rings is 1. The minimum absolute atomic E-state index is 0.158. The number of hydrogen-bond acceptors (Lipinski definition) is 6. The van der Waals surface area contributed by atoms with Gasteiger partial charge in [-0.1, -0.05) is 44.7 Å². The number of nitrogens with one attached hydrogen (secondary N) is 1. The van der Waals surface area contributed by atoms with E-state index in [1.807, 2.05) is 32.9 Å². The summed E-state index contributed by atoms with van der Waals surface area (Å²) in [5.41, 5.74) is 1.46. The molecule has 0 fully saturated rings. The van der Waals surface area contributed by atoms with Gasteiger partial charge in [0, 0.05) is 37.2 Å². The number of aliphatic hydroxyl groups excluding tert-OH is 1. The lowest BCUT2D eigenvalue weighted by Gasteiger charge is -2.37. The largest absolute Gasteiger partial charge is 0.495 e. The summed E-state index contributed by atoms with van der Waals surface area (Å²) >= 11 is 0. The summed E-state index contributed by atoms with van der Waals surface area (Å²) in [5.74, 6) is 6.61. The third kappa shape index (κ3) is 6.92. The lowest BCUT2D eigenvalue weighted by Crippen LogP contribution is -2.50. The van der Waals surface area contributed by atoms with Crippen molar-refractivity contribution >= 4 is 17.6 Å². The number of ether oxygens (including phenoxy) is 2. The maximum absolute atomic E-state index is 13.5. The van der Waals surface area contributed by atoms with Crippen LogP contribution in [0.2, 0.25) is 0 Å². The molecular weight excluding hydrogens is 472 g/mol. The van der Waals surface area contributed by atoms with Gasteiger partial charge in [-0.3, -0.25) is 4.79 Å². The highest BCUT2D eigenvalue weighted by atomic mass is 16.5. The molecule has 3 atom stereocenters. The van der Waals surface area contributed by atoms with Gasteiger partial charge >= 0.3 is 6.03 Å². The summed E-state index contributed by atoms with van der Waals surface area (Å²) in [5, 5.41) is 12.7. The van der Waals surface area contributed by atoms with E-state index in [-0.39, 0.29) is 48.4 Å². The number of rotatable bonds is 6. The molecule has 3 rings (SSSR count). The monoisotopic (exact) mass is 508 g/mol.